The van der Waals surface area contributed by atoms with Crippen molar-refractivity contribution in [3.8, 4) is 5.75 Å². The zero-order chi connectivity index (χ0) is 24.8. The van der Waals surface area contributed by atoms with Gasteiger partial charge in [0.15, 0.2) is 0 Å². The molecule has 3 amide bonds. The smallest absolute Gasteiger partial charge is 0.293 e. The van der Waals surface area contributed by atoms with Gasteiger partial charge in [0.1, 0.15) is 18.1 Å². The zero-order valence-corrected chi connectivity index (χ0v) is 20.3. The fraction of sp³-hybridized carbons (Fsp3) is 0.231. The Balaban J connectivity index is 1.22. The van der Waals surface area contributed by atoms with E-state index in [1.807, 2.05) is 56.3 Å². The van der Waals surface area contributed by atoms with Crippen LogP contribution in [0.4, 0.5) is 4.79 Å². The van der Waals surface area contributed by atoms with Crippen molar-refractivity contribution in [2.75, 3.05) is 13.1 Å². The van der Waals surface area contributed by atoms with Gasteiger partial charge >= 0.3 is 0 Å². The first-order valence-electron chi connectivity index (χ1n) is 11.1. The number of ether oxygens (including phenoxy) is 1. The van der Waals surface area contributed by atoms with Gasteiger partial charge in [-0.1, -0.05) is 47.6 Å². The molecule has 1 N–H and O–H groups in total. The van der Waals surface area contributed by atoms with Crippen molar-refractivity contribution in [1.29, 1.82) is 0 Å². The number of carbonyl (C=O) groups excluding carboxylic acids is 3. The Morgan fingerprint density at radius 3 is 2.54 bits per heavy atom. The molecule has 0 radical (unpaired) electrons. The van der Waals surface area contributed by atoms with Crippen molar-refractivity contribution in [1.82, 2.24) is 15.4 Å². The maximum atomic E-state index is 12.6. The van der Waals surface area contributed by atoms with E-state index in [1.54, 1.807) is 18.2 Å². The Bertz CT molecular complexity index is 1230. The number of amides is 3. The van der Waals surface area contributed by atoms with E-state index in [0.29, 0.717) is 17.3 Å². The van der Waals surface area contributed by atoms with Gasteiger partial charge in [0, 0.05) is 13.1 Å². The van der Waals surface area contributed by atoms with E-state index in [9.17, 15) is 14.4 Å². The lowest BCUT2D eigenvalue weighted by molar-refractivity contribution is -0.124. The van der Waals surface area contributed by atoms with Gasteiger partial charge < -0.3 is 14.6 Å². The molecule has 1 saturated heterocycles. The number of carbonyl (C=O) groups is 3. The van der Waals surface area contributed by atoms with Gasteiger partial charge in [0.2, 0.25) is 5.91 Å². The Morgan fingerprint density at radius 1 is 1.11 bits per heavy atom. The number of hydrogen-bond donors (Lipinski definition) is 1. The highest BCUT2D eigenvalue weighted by atomic mass is 32.2. The fourth-order valence-corrected chi connectivity index (χ4v) is 4.38. The van der Waals surface area contributed by atoms with Crippen LogP contribution >= 0.6 is 11.8 Å². The molecular formula is C26H25N3O5S. The van der Waals surface area contributed by atoms with Crippen LogP contribution < -0.4 is 10.1 Å². The molecule has 0 saturated carbocycles. The van der Waals surface area contributed by atoms with E-state index in [2.05, 4.69) is 10.5 Å². The van der Waals surface area contributed by atoms with Crippen molar-refractivity contribution < 1.29 is 23.6 Å². The topological polar surface area (TPSA) is 102 Å². The Hall–Kier alpha value is -3.85. The van der Waals surface area contributed by atoms with E-state index in [4.69, 9.17) is 9.26 Å². The van der Waals surface area contributed by atoms with E-state index in [0.717, 1.165) is 44.8 Å². The lowest BCUT2D eigenvalue weighted by Crippen LogP contribution is -2.37. The van der Waals surface area contributed by atoms with Gasteiger partial charge in [-0.3, -0.25) is 19.3 Å². The van der Waals surface area contributed by atoms with Crippen LogP contribution in [0.3, 0.4) is 0 Å². The zero-order valence-electron chi connectivity index (χ0n) is 19.4. The number of nitrogens with zero attached hydrogens (tertiary/aromatic N) is 2. The minimum Gasteiger partial charge on any atom is -0.489 e. The molecule has 1 aliphatic heterocycles. The summed E-state index contributed by atoms with van der Waals surface area (Å²) in [6.07, 6.45) is 1.88. The van der Waals surface area contributed by atoms with Crippen LogP contribution in [0, 0.1) is 13.8 Å². The summed E-state index contributed by atoms with van der Waals surface area (Å²) in [6.45, 7) is 4.38. The second-order valence-electron chi connectivity index (χ2n) is 8.01. The quantitative estimate of drug-likeness (QED) is 0.446. The minimum absolute atomic E-state index is 0.122. The van der Waals surface area contributed by atoms with E-state index in [1.165, 1.54) is 0 Å². The van der Waals surface area contributed by atoms with Crippen LogP contribution in [0.2, 0.25) is 0 Å². The van der Waals surface area contributed by atoms with Crippen LogP contribution in [-0.2, 0) is 22.6 Å². The highest BCUT2D eigenvalue weighted by Crippen LogP contribution is 2.31. The maximum absolute atomic E-state index is 12.6. The van der Waals surface area contributed by atoms with Crippen LogP contribution in [0.25, 0.3) is 6.08 Å². The number of hydrogen-bond acceptors (Lipinski definition) is 7. The fourth-order valence-electron chi connectivity index (χ4n) is 3.52. The third-order valence-corrected chi connectivity index (χ3v) is 6.39. The Morgan fingerprint density at radius 2 is 1.86 bits per heavy atom. The van der Waals surface area contributed by atoms with Gasteiger partial charge in [-0.05, 0) is 54.9 Å². The summed E-state index contributed by atoms with van der Waals surface area (Å²) in [5.74, 6) is 0.874. The van der Waals surface area contributed by atoms with Gasteiger partial charge in [0.05, 0.1) is 22.6 Å². The van der Waals surface area contributed by atoms with Crippen molar-refractivity contribution >= 4 is 34.9 Å². The third kappa shape index (κ3) is 6.19. The number of aromatic nitrogens is 1. The summed E-state index contributed by atoms with van der Waals surface area (Å²) in [7, 11) is 0. The maximum Gasteiger partial charge on any atom is 0.293 e. The predicted molar refractivity (Wildman–Crippen MR) is 133 cm³/mol. The Labute approximate surface area is 207 Å². The summed E-state index contributed by atoms with van der Waals surface area (Å²) >= 11 is 0.909. The number of imide groups is 1. The number of nitrogens with one attached hydrogen (secondary N) is 1. The van der Waals surface area contributed by atoms with Crippen molar-refractivity contribution in [2.24, 2.45) is 0 Å². The molecular weight excluding hydrogens is 466 g/mol. The van der Waals surface area contributed by atoms with E-state index < -0.39 is 0 Å². The van der Waals surface area contributed by atoms with Crippen LogP contribution in [0.15, 0.2) is 64.0 Å². The second-order valence-corrected chi connectivity index (χ2v) is 9.00. The normalized spacial score (nSPS) is 14.6. The second kappa shape index (κ2) is 11.1. The molecule has 0 aliphatic carbocycles. The van der Waals surface area contributed by atoms with Crippen molar-refractivity contribution in [3.05, 3.63) is 87.6 Å². The van der Waals surface area contributed by atoms with Crippen LogP contribution in [0.5, 0.6) is 5.75 Å². The van der Waals surface area contributed by atoms with Gasteiger partial charge in [0.25, 0.3) is 11.1 Å². The highest BCUT2D eigenvalue weighted by molar-refractivity contribution is 8.18. The molecule has 8 nitrogen and oxygen atoms in total. The van der Waals surface area contributed by atoms with E-state index in [-0.39, 0.29) is 36.6 Å². The SMILES string of the molecule is Cc1noc(C)c1COc1ccc(CC(=O)NCCN2C(=O)S/C(=C/c3ccccc3)C2=O)cc1. The average molecular weight is 492 g/mol. The summed E-state index contributed by atoms with van der Waals surface area (Å²) in [5.41, 5.74) is 3.40. The summed E-state index contributed by atoms with van der Waals surface area (Å²) in [6, 6.07) is 16.6. The highest BCUT2D eigenvalue weighted by Gasteiger charge is 2.34. The largest absolute Gasteiger partial charge is 0.489 e. The van der Waals surface area contributed by atoms with Gasteiger partial charge in [-0.15, -0.1) is 0 Å². The lowest BCUT2D eigenvalue weighted by atomic mass is 10.1. The first-order chi connectivity index (χ1) is 16.9. The summed E-state index contributed by atoms with van der Waals surface area (Å²) in [5, 5.41) is 6.35. The number of rotatable bonds is 9. The first-order valence-corrected chi connectivity index (χ1v) is 11.9. The van der Waals surface area contributed by atoms with Crippen molar-refractivity contribution in [2.45, 2.75) is 26.9 Å². The molecule has 3 aromatic rings. The monoisotopic (exact) mass is 491 g/mol. The summed E-state index contributed by atoms with van der Waals surface area (Å²) < 4.78 is 10.9. The third-order valence-electron chi connectivity index (χ3n) is 5.48. The number of aryl methyl sites for hydroxylation is 2. The Kier molecular flexibility index (Phi) is 7.67. The van der Waals surface area contributed by atoms with Gasteiger partial charge in [-0.25, -0.2) is 0 Å². The molecule has 2 aromatic carbocycles. The molecule has 0 bridgehead atoms. The van der Waals surface area contributed by atoms with Crippen molar-refractivity contribution in [3.63, 3.8) is 0 Å². The van der Waals surface area contributed by atoms with Crippen LogP contribution in [0.1, 0.15) is 28.1 Å². The molecule has 1 aliphatic rings. The van der Waals surface area contributed by atoms with Gasteiger partial charge in [-0.2, -0.15) is 0 Å². The summed E-state index contributed by atoms with van der Waals surface area (Å²) in [4.78, 5) is 38.7. The van der Waals surface area contributed by atoms with E-state index >= 15 is 0 Å². The average Bonchev–Trinajstić information content (AvgIpc) is 3.31. The lowest BCUT2D eigenvalue weighted by Gasteiger charge is -2.13. The number of thioether (sulfide) groups is 1. The molecule has 0 atom stereocenters. The molecule has 0 unspecified atom stereocenters. The molecule has 0 spiro atoms. The number of benzene rings is 2. The predicted octanol–water partition coefficient (Wildman–Crippen LogP) is 4.27. The minimum atomic E-state index is -0.342. The molecule has 1 fully saturated rings. The molecule has 9 heteroatoms. The molecule has 2 heterocycles. The molecule has 180 valence electrons. The molecule has 35 heavy (non-hydrogen) atoms. The standard InChI is InChI=1S/C26H25N3O5S/c1-17-22(18(2)34-28-17)16-33-21-10-8-20(9-11-21)15-24(30)27-12-13-29-25(31)23(35-26(29)32)14-19-6-4-3-5-7-19/h3-11,14H,12-13,15-16H2,1-2H3,(H,27,30)/b23-14+. The molecule has 4 rings (SSSR count). The van der Waals surface area contributed by atoms with Crippen LogP contribution in [-0.4, -0.2) is 40.2 Å². The first kappa shape index (κ1) is 24.3. The molecule has 1 aromatic heterocycles.